The lowest BCUT2D eigenvalue weighted by molar-refractivity contribution is -0.145. The van der Waals surface area contributed by atoms with Crippen LogP contribution in [0.25, 0.3) is 10.8 Å². The molecule has 0 saturated heterocycles. The Kier molecular flexibility index (Phi) is 7.40. The fourth-order valence-corrected chi connectivity index (χ4v) is 5.70. The van der Waals surface area contributed by atoms with E-state index >= 15 is 0 Å². The van der Waals surface area contributed by atoms with E-state index < -0.39 is 24.1 Å². The molecule has 1 fully saturated rings. The largest absolute Gasteiger partial charge is 0.489 e. The molecule has 0 heterocycles. The highest BCUT2D eigenvalue weighted by Gasteiger charge is 2.50. The van der Waals surface area contributed by atoms with Crippen LogP contribution in [0, 0.1) is 6.92 Å². The summed E-state index contributed by atoms with van der Waals surface area (Å²) in [5, 5.41) is 1.99. The second kappa shape index (κ2) is 10.2. The van der Waals surface area contributed by atoms with Crippen molar-refractivity contribution in [2.45, 2.75) is 84.3 Å². The zero-order chi connectivity index (χ0) is 27.1. The lowest BCUT2D eigenvalue weighted by Crippen LogP contribution is -2.25. The smallest absolute Gasteiger partial charge is 0.333 e. The maximum absolute atomic E-state index is 12.0. The minimum absolute atomic E-state index is 0.0129. The molecule has 6 nitrogen and oxygen atoms in total. The van der Waals surface area contributed by atoms with Crippen LogP contribution in [0.3, 0.4) is 0 Å². The molecule has 2 aliphatic rings. The molecule has 0 aromatic heterocycles. The van der Waals surface area contributed by atoms with E-state index in [0.29, 0.717) is 17.1 Å². The lowest BCUT2D eigenvalue weighted by atomic mass is 9.78. The Balaban J connectivity index is 1.74. The molecule has 1 saturated carbocycles. The zero-order valence-corrected chi connectivity index (χ0v) is 22.9. The van der Waals surface area contributed by atoms with E-state index in [-0.39, 0.29) is 18.6 Å². The number of carbonyl (C=O) groups is 2. The number of ether oxygens (including phenoxy) is 4. The van der Waals surface area contributed by atoms with Gasteiger partial charge in [-0.05, 0) is 70.8 Å². The molecule has 6 heteroatoms. The van der Waals surface area contributed by atoms with Crippen LogP contribution < -0.4 is 9.47 Å². The normalized spacial score (nSPS) is 21.2. The highest BCUT2D eigenvalue weighted by Crippen LogP contribution is 2.64. The molecule has 37 heavy (non-hydrogen) atoms. The molecule has 2 aromatic carbocycles. The number of rotatable bonds is 10. The highest BCUT2D eigenvalue weighted by molar-refractivity contribution is 5.99. The van der Waals surface area contributed by atoms with Gasteiger partial charge in [-0.1, -0.05) is 38.3 Å². The molecule has 0 spiro atoms. The van der Waals surface area contributed by atoms with E-state index in [1.54, 1.807) is 13.8 Å². The summed E-state index contributed by atoms with van der Waals surface area (Å²) in [6, 6.07) is 6.16. The van der Waals surface area contributed by atoms with Gasteiger partial charge >= 0.3 is 11.9 Å². The van der Waals surface area contributed by atoms with Crippen LogP contribution in [0.5, 0.6) is 11.5 Å². The fraction of sp³-hybridized carbons (Fsp3) is 0.484. The Morgan fingerprint density at radius 3 is 2.14 bits per heavy atom. The van der Waals surface area contributed by atoms with Crippen LogP contribution in [0.1, 0.15) is 76.5 Å². The van der Waals surface area contributed by atoms with E-state index in [1.807, 2.05) is 19.9 Å². The summed E-state index contributed by atoms with van der Waals surface area (Å²) in [5.74, 6) is 1.26. The lowest BCUT2D eigenvalue weighted by Gasteiger charge is -2.31. The molecule has 2 bridgehead atoms. The Labute approximate surface area is 219 Å². The van der Waals surface area contributed by atoms with Crippen molar-refractivity contribution in [3.63, 3.8) is 0 Å². The third kappa shape index (κ3) is 5.11. The molecular formula is C31H38O6. The number of carbonyl (C=O) groups excluding carboxylic acids is 2. The monoisotopic (exact) mass is 506 g/mol. The van der Waals surface area contributed by atoms with Gasteiger partial charge in [-0.2, -0.15) is 0 Å². The summed E-state index contributed by atoms with van der Waals surface area (Å²) >= 11 is 0. The van der Waals surface area contributed by atoms with Gasteiger partial charge in [0.05, 0.1) is 0 Å². The summed E-state index contributed by atoms with van der Waals surface area (Å²) in [4.78, 5) is 24.0. The Morgan fingerprint density at radius 2 is 1.57 bits per heavy atom. The van der Waals surface area contributed by atoms with Crippen molar-refractivity contribution < 1.29 is 28.5 Å². The SMILES string of the molecule is C=C(C)C(=O)OC(C)COc1c2c(c(OCC(C)OC(=O)C(=C)C)c3c(C)cccc13)C1CCC2(C)C1. The van der Waals surface area contributed by atoms with Crippen LogP contribution >= 0.6 is 0 Å². The number of aryl methyl sites for hydroxylation is 1. The van der Waals surface area contributed by atoms with Gasteiger partial charge in [0.2, 0.25) is 0 Å². The summed E-state index contributed by atoms with van der Waals surface area (Å²) in [6.45, 7) is 19.1. The van der Waals surface area contributed by atoms with Gasteiger partial charge in [0.1, 0.15) is 36.9 Å². The van der Waals surface area contributed by atoms with Gasteiger partial charge in [-0.25, -0.2) is 9.59 Å². The Hall–Kier alpha value is -3.28. The summed E-state index contributed by atoms with van der Waals surface area (Å²) in [7, 11) is 0. The van der Waals surface area contributed by atoms with Crippen molar-refractivity contribution in [1.82, 2.24) is 0 Å². The minimum atomic E-state index is -0.425. The summed E-state index contributed by atoms with van der Waals surface area (Å²) in [6.07, 6.45) is 2.39. The maximum atomic E-state index is 12.0. The van der Waals surface area contributed by atoms with Crippen molar-refractivity contribution in [3.05, 3.63) is 59.2 Å². The molecule has 0 N–H and O–H groups in total. The first kappa shape index (κ1) is 26.8. The molecule has 4 rings (SSSR count). The van der Waals surface area contributed by atoms with E-state index in [4.69, 9.17) is 18.9 Å². The number of fused-ring (bicyclic) bond motifs is 6. The minimum Gasteiger partial charge on any atom is -0.489 e. The zero-order valence-electron chi connectivity index (χ0n) is 22.9. The van der Waals surface area contributed by atoms with Gasteiger partial charge < -0.3 is 18.9 Å². The number of hydrogen-bond donors (Lipinski definition) is 0. The van der Waals surface area contributed by atoms with E-state index in [2.05, 4.69) is 39.1 Å². The molecule has 2 aliphatic carbocycles. The molecule has 4 atom stereocenters. The molecule has 0 radical (unpaired) electrons. The first-order valence-electron chi connectivity index (χ1n) is 13.0. The number of esters is 2. The van der Waals surface area contributed by atoms with Gasteiger partial charge in [0, 0.05) is 33.0 Å². The van der Waals surface area contributed by atoms with Gasteiger partial charge in [-0.3, -0.25) is 0 Å². The van der Waals surface area contributed by atoms with Gasteiger partial charge in [0.25, 0.3) is 0 Å². The molecule has 4 unspecified atom stereocenters. The highest BCUT2D eigenvalue weighted by atomic mass is 16.6. The van der Waals surface area contributed by atoms with Crippen LogP contribution in [-0.4, -0.2) is 37.4 Å². The molecule has 0 aliphatic heterocycles. The van der Waals surface area contributed by atoms with Crippen LogP contribution in [0.4, 0.5) is 0 Å². The Morgan fingerprint density at radius 1 is 1.00 bits per heavy atom. The number of hydrogen-bond acceptors (Lipinski definition) is 6. The average Bonchev–Trinajstić information content (AvgIpc) is 3.35. The average molecular weight is 507 g/mol. The first-order valence-corrected chi connectivity index (χ1v) is 13.0. The standard InChI is InChI=1S/C31H38O6/c1-17(2)29(32)36-20(6)15-34-27-23-11-9-10-19(5)24(23)28(35-16-21(7)37-30(33)18(3)4)25-22-12-13-31(8,14-22)26(25)27/h9-11,20-22H,1,3,12-16H2,2,4-8H3. The molecule has 2 aromatic rings. The van der Waals surface area contributed by atoms with E-state index in [1.165, 1.54) is 11.1 Å². The van der Waals surface area contributed by atoms with E-state index in [9.17, 15) is 9.59 Å². The third-order valence-electron chi connectivity index (χ3n) is 7.48. The molecule has 0 amide bonds. The fourth-order valence-electron chi connectivity index (χ4n) is 5.70. The van der Waals surface area contributed by atoms with Crippen molar-refractivity contribution >= 4 is 22.7 Å². The van der Waals surface area contributed by atoms with Crippen LogP contribution in [0.15, 0.2) is 42.5 Å². The van der Waals surface area contributed by atoms with E-state index in [0.717, 1.165) is 47.1 Å². The van der Waals surface area contributed by atoms with Crippen LogP contribution in [0.2, 0.25) is 0 Å². The Bertz CT molecular complexity index is 1270. The molecule has 198 valence electrons. The second-order valence-corrected chi connectivity index (χ2v) is 11.1. The van der Waals surface area contributed by atoms with Crippen molar-refractivity contribution in [2.75, 3.05) is 13.2 Å². The summed E-state index contributed by atoms with van der Waals surface area (Å²) in [5.41, 5.74) is 4.20. The first-order chi connectivity index (χ1) is 17.4. The van der Waals surface area contributed by atoms with Gasteiger partial charge in [-0.15, -0.1) is 0 Å². The van der Waals surface area contributed by atoms with Crippen molar-refractivity contribution in [3.8, 4) is 11.5 Å². The van der Waals surface area contributed by atoms with Crippen molar-refractivity contribution in [1.29, 1.82) is 0 Å². The third-order valence-corrected chi connectivity index (χ3v) is 7.48. The quantitative estimate of drug-likeness (QED) is 0.272. The van der Waals surface area contributed by atoms with Crippen LogP contribution in [-0.2, 0) is 24.5 Å². The molecular weight excluding hydrogens is 468 g/mol. The topological polar surface area (TPSA) is 71.1 Å². The predicted octanol–water partition coefficient (Wildman–Crippen LogP) is 6.46. The summed E-state index contributed by atoms with van der Waals surface area (Å²) < 4.78 is 24.0. The van der Waals surface area contributed by atoms with Crippen molar-refractivity contribution in [2.24, 2.45) is 0 Å². The predicted molar refractivity (Wildman–Crippen MR) is 144 cm³/mol. The van der Waals surface area contributed by atoms with Gasteiger partial charge in [0.15, 0.2) is 0 Å². The maximum Gasteiger partial charge on any atom is 0.333 e. The second-order valence-electron chi connectivity index (χ2n) is 11.1. The number of benzene rings is 2.